The first-order valence-corrected chi connectivity index (χ1v) is 12.0. The van der Waals surface area contributed by atoms with Crippen LogP contribution in [-0.2, 0) is 0 Å². The van der Waals surface area contributed by atoms with Crippen molar-refractivity contribution in [2.24, 2.45) is 0 Å². The Kier molecular flexibility index (Phi) is 6.76. The lowest BCUT2D eigenvalue weighted by atomic mass is 9.88. The Hall–Kier alpha value is -2.60. The minimum atomic E-state index is -0.281. The van der Waals surface area contributed by atoms with E-state index in [2.05, 4.69) is 58.3 Å². The van der Waals surface area contributed by atoms with Gasteiger partial charge in [-0.25, -0.2) is 14.4 Å². The number of rotatable bonds is 6. The third-order valence-corrected chi connectivity index (χ3v) is 6.71. The summed E-state index contributed by atoms with van der Waals surface area (Å²) in [5, 5.41) is 3.09. The van der Waals surface area contributed by atoms with Gasteiger partial charge in [-0.2, -0.15) is 0 Å². The van der Waals surface area contributed by atoms with E-state index in [1.165, 1.54) is 29.0 Å². The van der Waals surface area contributed by atoms with E-state index in [-0.39, 0.29) is 5.82 Å². The predicted molar refractivity (Wildman–Crippen MR) is 128 cm³/mol. The topological polar surface area (TPSA) is 41.0 Å². The van der Waals surface area contributed by atoms with Crippen LogP contribution in [0, 0.1) is 5.82 Å². The van der Waals surface area contributed by atoms with Gasteiger partial charge in [-0.15, -0.1) is 11.8 Å². The maximum absolute atomic E-state index is 14.3. The molecule has 0 bridgehead atoms. The fourth-order valence-electron chi connectivity index (χ4n) is 4.05. The Morgan fingerprint density at radius 3 is 2.42 bits per heavy atom. The zero-order chi connectivity index (χ0) is 21.8. The summed E-state index contributed by atoms with van der Waals surface area (Å²) < 4.78 is 14.3. The van der Waals surface area contributed by atoms with Crippen LogP contribution in [0.1, 0.15) is 49.7 Å². The first-order valence-electron chi connectivity index (χ1n) is 10.8. The van der Waals surface area contributed by atoms with Gasteiger partial charge in [0.2, 0.25) is 0 Å². The van der Waals surface area contributed by atoms with Crippen LogP contribution >= 0.6 is 11.8 Å². The lowest BCUT2D eigenvalue weighted by Crippen LogP contribution is -2.33. The highest BCUT2D eigenvalue weighted by Crippen LogP contribution is 2.31. The smallest absolute Gasteiger partial charge is 0.147 e. The van der Waals surface area contributed by atoms with Gasteiger partial charge in [-0.3, -0.25) is 0 Å². The standard InChI is InChI=1S/C25H29FN4S/c1-17(2)18-4-6-19(7-5-18)20-10-12-30(13-11-20)25-15-24(27-16-28-25)29-23-9-8-21(31-3)14-22(23)26/h4-9,14-17,20H,10-13H2,1-3H3,(H,27,28,29). The van der Waals surface area contributed by atoms with Crippen molar-refractivity contribution in [2.75, 3.05) is 29.6 Å². The second-order valence-electron chi connectivity index (χ2n) is 8.31. The van der Waals surface area contributed by atoms with E-state index in [1.807, 2.05) is 18.4 Å². The summed E-state index contributed by atoms with van der Waals surface area (Å²) in [5.41, 5.74) is 3.24. The summed E-state index contributed by atoms with van der Waals surface area (Å²) in [6, 6.07) is 16.2. The van der Waals surface area contributed by atoms with Gasteiger partial charge >= 0.3 is 0 Å². The number of hydrogen-bond donors (Lipinski definition) is 1. The summed E-state index contributed by atoms with van der Waals surface area (Å²) in [4.78, 5) is 11.9. The predicted octanol–water partition coefficient (Wildman–Crippen LogP) is 6.59. The fourth-order valence-corrected chi connectivity index (χ4v) is 4.47. The SMILES string of the molecule is CSc1ccc(Nc2cc(N3CCC(c4ccc(C(C)C)cc4)CC3)ncn2)c(F)c1. The number of benzene rings is 2. The van der Waals surface area contributed by atoms with E-state index in [0.717, 1.165) is 36.6 Å². The molecule has 1 aliphatic heterocycles. The van der Waals surface area contributed by atoms with E-state index >= 15 is 0 Å². The van der Waals surface area contributed by atoms with Crippen molar-refractivity contribution in [1.29, 1.82) is 0 Å². The van der Waals surface area contributed by atoms with Crippen LogP contribution in [0.5, 0.6) is 0 Å². The van der Waals surface area contributed by atoms with Crippen LogP contribution in [0.4, 0.5) is 21.7 Å². The zero-order valence-electron chi connectivity index (χ0n) is 18.3. The first kappa shape index (κ1) is 21.6. The van der Waals surface area contributed by atoms with Crippen LogP contribution in [0.15, 0.2) is 59.8 Å². The van der Waals surface area contributed by atoms with Crippen molar-refractivity contribution < 1.29 is 4.39 Å². The minimum absolute atomic E-state index is 0.281. The maximum atomic E-state index is 14.3. The molecule has 1 saturated heterocycles. The Bertz CT molecular complexity index is 1010. The zero-order valence-corrected chi connectivity index (χ0v) is 19.1. The van der Waals surface area contributed by atoms with Gasteiger partial charge in [0.25, 0.3) is 0 Å². The largest absolute Gasteiger partial charge is 0.356 e. The van der Waals surface area contributed by atoms with Crippen molar-refractivity contribution in [3.8, 4) is 0 Å². The van der Waals surface area contributed by atoms with E-state index in [0.29, 0.717) is 23.3 Å². The van der Waals surface area contributed by atoms with Gasteiger partial charge in [-0.1, -0.05) is 38.1 Å². The van der Waals surface area contributed by atoms with Crippen molar-refractivity contribution in [2.45, 2.75) is 43.4 Å². The molecule has 0 spiro atoms. The highest BCUT2D eigenvalue weighted by molar-refractivity contribution is 7.98. The van der Waals surface area contributed by atoms with Crippen molar-refractivity contribution in [3.05, 3.63) is 71.8 Å². The molecule has 162 valence electrons. The number of anilines is 3. The molecule has 0 unspecified atom stereocenters. The molecule has 3 aromatic rings. The lowest BCUT2D eigenvalue weighted by Gasteiger charge is -2.33. The summed E-state index contributed by atoms with van der Waals surface area (Å²) >= 11 is 1.52. The fraction of sp³-hybridized carbons (Fsp3) is 0.360. The summed E-state index contributed by atoms with van der Waals surface area (Å²) in [5.74, 6) is 2.35. The van der Waals surface area contributed by atoms with Crippen LogP contribution in [0.2, 0.25) is 0 Å². The number of piperidine rings is 1. The summed E-state index contributed by atoms with van der Waals surface area (Å²) in [6.07, 6.45) is 5.67. The van der Waals surface area contributed by atoms with E-state index < -0.39 is 0 Å². The second kappa shape index (κ2) is 9.69. The van der Waals surface area contributed by atoms with Gasteiger partial charge in [0.05, 0.1) is 5.69 Å². The molecule has 0 atom stereocenters. The van der Waals surface area contributed by atoms with Gasteiger partial charge in [0.15, 0.2) is 0 Å². The quantitative estimate of drug-likeness (QED) is 0.442. The van der Waals surface area contributed by atoms with Crippen LogP contribution in [-0.4, -0.2) is 29.3 Å². The average Bonchev–Trinajstić information content (AvgIpc) is 2.81. The normalized spacial score (nSPS) is 14.8. The molecule has 4 rings (SSSR count). The van der Waals surface area contributed by atoms with Gasteiger partial charge in [0.1, 0.15) is 23.8 Å². The van der Waals surface area contributed by atoms with Crippen LogP contribution in [0.25, 0.3) is 0 Å². The molecule has 6 heteroatoms. The molecule has 1 fully saturated rings. The number of thioether (sulfide) groups is 1. The van der Waals surface area contributed by atoms with Crippen molar-refractivity contribution in [1.82, 2.24) is 9.97 Å². The molecule has 0 aliphatic carbocycles. The monoisotopic (exact) mass is 436 g/mol. The van der Waals surface area contributed by atoms with E-state index in [4.69, 9.17) is 0 Å². The minimum Gasteiger partial charge on any atom is -0.356 e. The highest BCUT2D eigenvalue weighted by atomic mass is 32.2. The molecule has 1 N–H and O–H groups in total. The van der Waals surface area contributed by atoms with Crippen LogP contribution in [0.3, 0.4) is 0 Å². The molecule has 2 aromatic carbocycles. The Morgan fingerprint density at radius 1 is 1.03 bits per heavy atom. The molecular formula is C25H29FN4S. The Balaban J connectivity index is 1.40. The number of nitrogens with zero attached hydrogens (tertiary/aromatic N) is 3. The molecule has 2 heterocycles. The maximum Gasteiger partial charge on any atom is 0.147 e. The Labute approximate surface area is 188 Å². The van der Waals surface area contributed by atoms with Crippen molar-refractivity contribution >= 4 is 29.1 Å². The molecule has 0 amide bonds. The summed E-state index contributed by atoms with van der Waals surface area (Å²) in [7, 11) is 0. The molecule has 0 radical (unpaired) electrons. The molecule has 31 heavy (non-hydrogen) atoms. The summed E-state index contributed by atoms with van der Waals surface area (Å²) in [6.45, 7) is 6.35. The third-order valence-electron chi connectivity index (χ3n) is 5.99. The average molecular weight is 437 g/mol. The van der Waals surface area contributed by atoms with Crippen molar-refractivity contribution in [3.63, 3.8) is 0 Å². The second-order valence-corrected chi connectivity index (χ2v) is 9.19. The van der Waals surface area contributed by atoms with E-state index in [1.54, 1.807) is 12.4 Å². The number of nitrogens with one attached hydrogen (secondary N) is 1. The Morgan fingerprint density at radius 2 is 1.77 bits per heavy atom. The first-order chi connectivity index (χ1) is 15.0. The molecule has 0 saturated carbocycles. The molecule has 1 aromatic heterocycles. The molecular weight excluding hydrogens is 407 g/mol. The molecule has 4 nitrogen and oxygen atoms in total. The van der Waals surface area contributed by atoms with Gasteiger partial charge in [-0.05, 0) is 60.3 Å². The van der Waals surface area contributed by atoms with Crippen LogP contribution < -0.4 is 10.2 Å². The third kappa shape index (κ3) is 5.18. The number of aromatic nitrogens is 2. The highest BCUT2D eigenvalue weighted by Gasteiger charge is 2.22. The number of halogens is 1. The molecule has 1 aliphatic rings. The van der Waals surface area contributed by atoms with Gasteiger partial charge < -0.3 is 10.2 Å². The van der Waals surface area contributed by atoms with E-state index in [9.17, 15) is 4.39 Å². The number of hydrogen-bond acceptors (Lipinski definition) is 5. The van der Waals surface area contributed by atoms with Gasteiger partial charge in [0, 0.05) is 24.1 Å². The lowest BCUT2D eigenvalue weighted by molar-refractivity contribution is 0.502.